The van der Waals surface area contributed by atoms with Gasteiger partial charge in [0.05, 0.1) is 20.7 Å². The van der Waals surface area contributed by atoms with Gasteiger partial charge in [0.2, 0.25) is 0 Å². The van der Waals surface area contributed by atoms with Crippen LogP contribution in [0.5, 0.6) is 0 Å². The van der Waals surface area contributed by atoms with E-state index in [1.165, 1.54) is 12.1 Å². The molecule has 7 heteroatoms. The monoisotopic (exact) mass is 303 g/mol. The number of benzene rings is 1. The van der Waals surface area contributed by atoms with Crippen LogP contribution < -0.4 is 10.2 Å². The van der Waals surface area contributed by atoms with Crippen molar-refractivity contribution >= 4 is 34.6 Å². The first-order chi connectivity index (χ1) is 9.02. The van der Waals surface area contributed by atoms with E-state index in [0.29, 0.717) is 21.8 Å². The van der Waals surface area contributed by atoms with Crippen LogP contribution in [0.3, 0.4) is 0 Å². The number of likely N-dealkylation sites (N-methyl/N-ethyl adjacent to an activating group) is 1. The summed E-state index contributed by atoms with van der Waals surface area (Å²) in [5, 5.41) is 14.7. The Morgan fingerprint density at radius 3 is 2.58 bits per heavy atom. The SMILES string of the molecule is CNC1CCCN(c2c(Cl)cc([N+](=O)[O-])cc2Cl)C1. The van der Waals surface area contributed by atoms with Crippen molar-refractivity contribution < 1.29 is 4.92 Å². The highest BCUT2D eigenvalue weighted by molar-refractivity contribution is 6.39. The second-order valence-electron chi connectivity index (χ2n) is 4.59. The van der Waals surface area contributed by atoms with E-state index in [0.717, 1.165) is 25.9 Å². The fourth-order valence-electron chi connectivity index (χ4n) is 2.38. The minimum absolute atomic E-state index is 0.0825. The van der Waals surface area contributed by atoms with Gasteiger partial charge in [0.25, 0.3) is 5.69 Å². The summed E-state index contributed by atoms with van der Waals surface area (Å²) < 4.78 is 0. The first-order valence-electron chi connectivity index (χ1n) is 6.08. The second kappa shape index (κ2) is 5.94. The van der Waals surface area contributed by atoms with Crippen molar-refractivity contribution in [3.63, 3.8) is 0 Å². The zero-order chi connectivity index (χ0) is 14.0. The van der Waals surface area contributed by atoms with Crippen LogP contribution in [0, 0.1) is 10.1 Å². The molecule has 1 heterocycles. The highest BCUT2D eigenvalue weighted by Crippen LogP contribution is 2.38. The number of hydrogen-bond acceptors (Lipinski definition) is 4. The lowest BCUT2D eigenvalue weighted by Crippen LogP contribution is -2.44. The van der Waals surface area contributed by atoms with E-state index >= 15 is 0 Å². The van der Waals surface area contributed by atoms with Crippen LogP contribution in [0.2, 0.25) is 10.0 Å². The van der Waals surface area contributed by atoms with Crippen molar-refractivity contribution in [2.75, 3.05) is 25.0 Å². The van der Waals surface area contributed by atoms with Gasteiger partial charge in [0, 0.05) is 31.3 Å². The molecule has 1 aliphatic rings. The maximum Gasteiger partial charge on any atom is 0.272 e. The summed E-state index contributed by atoms with van der Waals surface area (Å²) in [6, 6.07) is 3.09. The number of anilines is 1. The minimum atomic E-state index is -0.492. The van der Waals surface area contributed by atoms with Gasteiger partial charge in [-0.05, 0) is 19.9 Å². The largest absolute Gasteiger partial charge is 0.368 e. The van der Waals surface area contributed by atoms with Crippen molar-refractivity contribution in [3.05, 3.63) is 32.3 Å². The molecule has 0 radical (unpaired) electrons. The Kier molecular flexibility index (Phi) is 4.50. The van der Waals surface area contributed by atoms with Gasteiger partial charge in [-0.1, -0.05) is 23.2 Å². The quantitative estimate of drug-likeness (QED) is 0.688. The van der Waals surface area contributed by atoms with E-state index in [1.807, 2.05) is 7.05 Å². The molecule has 1 unspecified atom stereocenters. The normalized spacial score (nSPS) is 19.5. The van der Waals surface area contributed by atoms with Crippen LogP contribution in [0.25, 0.3) is 0 Å². The van der Waals surface area contributed by atoms with Crippen LogP contribution in [-0.2, 0) is 0 Å². The van der Waals surface area contributed by atoms with Crippen molar-refractivity contribution in [1.29, 1.82) is 0 Å². The molecule has 1 aliphatic heterocycles. The molecule has 0 spiro atoms. The molecule has 1 saturated heterocycles. The predicted octanol–water partition coefficient (Wildman–Crippen LogP) is 3.09. The van der Waals surface area contributed by atoms with E-state index in [4.69, 9.17) is 23.2 Å². The summed E-state index contributed by atoms with van der Waals surface area (Å²) in [6.45, 7) is 1.66. The van der Waals surface area contributed by atoms with Gasteiger partial charge >= 0.3 is 0 Å². The highest BCUT2D eigenvalue weighted by Gasteiger charge is 2.24. The van der Waals surface area contributed by atoms with Crippen molar-refractivity contribution in [2.24, 2.45) is 0 Å². The molecule has 1 atom stereocenters. The molecule has 0 bridgehead atoms. The summed E-state index contributed by atoms with van der Waals surface area (Å²) in [5.74, 6) is 0. The average Bonchev–Trinajstić information content (AvgIpc) is 2.38. The minimum Gasteiger partial charge on any atom is -0.368 e. The zero-order valence-corrected chi connectivity index (χ0v) is 12.0. The maximum atomic E-state index is 10.8. The summed E-state index contributed by atoms with van der Waals surface area (Å²) in [5.41, 5.74) is 0.606. The van der Waals surface area contributed by atoms with Crippen LogP contribution in [0.15, 0.2) is 12.1 Å². The highest BCUT2D eigenvalue weighted by atomic mass is 35.5. The Balaban J connectivity index is 2.31. The van der Waals surface area contributed by atoms with E-state index in [1.54, 1.807) is 0 Å². The number of nitro groups is 1. The van der Waals surface area contributed by atoms with Gasteiger partial charge in [-0.15, -0.1) is 0 Å². The lowest BCUT2D eigenvalue weighted by molar-refractivity contribution is -0.384. The maximum absolute atomic E-state index is 10.8. The Morgan fingerprint density at radius 1 is 1.42 bits per heavy atom. The first-order valence-corrected chi connectivity index (χ1v) is 6.84. The molecule has 1 fully saturated rings. The molecule has 0 aliphatic carbocycles. The molecule has 104 valence electrons. The Bertz CT molecular complexity index is 473. The van der Waals surface area contributed by atoms with E-state index in [9.17, 15) is 10.1 Å². The molecule has 0 amide bonds. The zero-order valence-electron chi connectivity index (χ0n) is 10.5. The molecular formula is C12H15Cl2N3O2. The third kappa shape index (κ3) is 3.11. The van der Waals surface area contributed by atoms with Crippen molar-refractivity contribution in [1.82, 2.24) is 5.32 Å². The molecule has 1 aromatic carbocycles. The number of nitrogens with one attached hydrogen (secondary N) is 1. The van der Waals surface area contributed by atoms with Gasteiger partial charge in [0.1, 0.15) is 0 Å². The molecular weight excluding hydrogens is 289 g/mol. The molecule has 5 nitrogen and oxygen atoms in total. The smallest absolute Gasteiger partial charge is 0.272 e. The number of nitro benzene ring substituents is 1. The van der Waals surface area contributed by atoms with Crippen molar-refractivity contribution in [2.45, 2.75) is 18.9 Å². The summed E-state index contributed by atoms with van der Waals surface area (Å²) in [4.78, 5) is 12.3. The van der Waals surface area contributed by atoms with Crippen LogP contribution in [-0.4, -0.2) is 31.1 Å². The first kappa shape index (κ1) is 14.4. The van der Waals surface area contributed by atoms with Crippen LogP contribution in [0.4, 0.5) is 11.4 Å². The number of nitrogens with zero attached hydrogens (tertiary/aromatic N) is 2. The van der Waals surface area contributed by atoms with E-state index in [2.05, 4.69) is 10.2 Å². The molecule has 2 rings (SSSR count). The third-order valence-corrected chi connectivity index (χ3v) is 3.93. The summed E-state index contributed by atoms with van der Waals surface area (Å²) >= 11 is 12.3. The molecule has 19 heavy (non-hydrogen) atoms. The second-order valence-corrected chi connectivity index (χ2v) is 5.40. The number of piperidine rings is 1. The lowest BCUT2D eigenvalue weighted by Gasteiger charge is -2.35. The van der Waals surface area contributed by atoms with Crippen LogP contribution >= 0.6 is 23.2 Å². The number of rotatable bonds is 3. The standard InChI is InChI=1S/C12H15Cl2N3O2/c1-15-8-3-2-4-16(7-8)12-10(13)5-9(17(18)19)6-11(12)14/h5-6,8,15H,2-4,7H2,1H3. The lowest BCUT2D eigenvalue weighted by atomic mass is 10.1. The third-order valence-electron chi connectivity index (χ3n) is 3.36. The van der Waals surface area contributed by atoms with Gasteiger partial charge < -0.3 is 10.2 Å². The number of non-ortho nitro benzene ring substituents is 1. The van der Waals surface area contributed by atoms with Gasteiger partial charge in [-0.25, -0.2) is 0 Å². The molecule has 1 N–H and O–H groups in total. The van der Waals surface area contributed by atoms with E-state index < -0.39 is 4.92 Å². The fourth-order valence-corrected chi connectivity index (χ4v) is 3.09. The van der Waals surface area contributed by atoms with Crippen LogP contribution in [0.1, 0.15) is 12.8 Å². The fraction of sp³-hybridized carbons (Fsp3) is 0.500. The molecule has 0 aromatic heterocycles. The Morgan fingerprint density at radius 2 is 2.05 bits per heavy atom. The number of hydrogen-bond donors (Lipinski definition) is 1. The Hall–Kier alpha value is -1.04. The average molecular weight is 304 g/mol. The topological polar surface area (TPSA) is 58.4 Å². The molecule has 0 saturated carbocycles. The summed E-state index contributed by atoms with van der Waals surface area (Å²) in [6.07, 6.45) is 2.14. The molecule has 1 aromatic rings. The van der Waals surface area contributed by atoms with Gasteiger partial charge in [-0.3, -0.25) is 10.1 Å². The predicted molar refractivity (Wildman–Crippen MR) is 77.4 cm³/mol. The van der Waals surface area contributed by atoms with Crippen molar-refractivity contribution in [3.8, 4) is 0 Å². The Labute approximate surface area is 121 Å². The van der Waals surface area contributed by atoms with Gasteiger partial charge in [0.15, 0.2) is 0 Å². The van der Waals surface area contributed by atoms with Gasteiger partial charge in [-0.2, -0.15) is 0 Å². The van der Waals surface area contributed by atoms with E-state index in [-0.39, 0.29) is 5.69 Å². The number of halogens is 2. The summed E-state index contributed by atoms with van der Waals surface area (Å²) in [7, 11) is 1.92.